The smallest absolute Gasteiger partial charge is 0.342 e. The van der Waals surface area contributed by atoms with Crippen LogP contribution in [0, 0.1) is 20.2 Å². The molecule has 2 aromatic carbocycles. The molecule has 2 rings (SSSR count). The van der Waals surface area contributed by atoms with Gasteiger partial charge < -0.3 is 10.2 Å². The van der Waals surface area contributed by atoms with Crippen molar-refractivity contribution in [3.8, 4) is 0 Å². The second-order valence-corrected chi connectivity index (χ2v) is 13.1. The number of nitro benzene ring substituents is 2. The van der Waals surface area contributed by atoms with E-state index in [4.69, 9.17) is 10.2 Å². The fourth-order valence-corrected chi connectivity index (χ4v) is 7.70. The number of benzene rings is 2. The van der Waals surface area contributed by atoms with Gasteiger partial charge >= 0.3 is 11.9 Å². The second kappa shape index (κ2) is 17.2. The molecular weight excluding hydrogens is 573 g/mol. The van der Waals surface area contributed by atoms with E-state index in [1.54, 1.807) is 33.7 Å². The van der Waals surface area contributed by atoms with Gasteiger partial charge in [0.2, 0.25) is 0 Å². The Kier molecular flexibility index (Phi) is 14.4. The molecule has 206 valence electrons. The summed E-state index contributed by atoms with van der Waals surface area (Å²) in [7, 11) is 6.09. The molecule has 2 aromatic rings. The molecule has 0 amide bonds. The number of carboxylic acids is 2. The molecule has 14 heteroatoms. The van der Waals surface area contributed by atoms with Crippen LogP contribution in [0.1, 0.15) is 72.1 Å². The van der Waals surface area contributed by atoms with Gasteiger partial charge in [-0.3, -0.25) is 20.2 Å². The minimum atomic E-state index is -1.31. The third-order valence-corrected chi connectivity index (χ3v) is 10.2. The van der Waals surface area contributed by atoms with E-state index in [9.17, 15) is 29.8 Å². The second-order valence-electron chi connectivity index (χ2n) is 8.12. The lowest BCUT2D eigenvalue weighted by Gasteiger charge is -2.05. The first-order valence-corrected chi connectivity index (χ1v) is 16.5. The molecule has 0 bridgehead atoms. The van der Waals surface area contributed by atoms with E-state index in [1.165, 1.54) is 58.7 Å². The van der Waals surface area contributed by atoms with Crippen LogP contribution < -0.4 is 0 Å². The summed E-state index contributed by atoms with van der Waals surface area (Å²) in [6, 6.07) is 8.31. The van der Waals surface area contributed by atoms with Crippen molar-refractivity contribution in [3.63, 3.8) is 0 Å². The lowest BCUT2D eigenvalue weighted by Crippen LogP contribution is -2.02. The number of nitrogens with zero attached hydrogens (tertiary/aromatic N) is 2. The van der Waals surface area contributed by atoms with E-state index in [0.29, 0.717) is 9.79 Å². The first-order chi connectivity index (χ1) is 18.2. The predicted molar refractivity (Wildman–Crippen MR) is 154 cm³/mol. The molecule has 0 aliphatic heterocycles. The van der Waals surface area contributed by atoms with E-state index >= 15 is 0 Å². The Hall–Kier alpha value is -2.42. The van der Waals surface area contributed by atoms with E-state index in [0.717, 1.165) is 50.0 Å². The minimum Gasteiger partial charge on any atom is -0.477 e. The van der Waals surface area contributed by atoms with Crippen molar-refractivity contribution in [1.82, 2.24) is 0 Å². The SMILES string of the molecule is O=C(O)c1cc(SSCCCCCCCCCCSSc2ccc([N+](=O)[O-])c(C(=O)O)c2)ccc1[N+](=O)[O-]. The summed E-state index contributed by atoms with van der Waals surface area (Å²) in [6.45, 7) is 0. The Balaban J connectivity index is 1.48. The number of carboxylic acid groups (broad SMARTS) is 2. The highest BCUT2D eigenvalue weighted by Gasteiger charge is 2.21. The fourth-order valence-electron chi connectivity index (χ4n) is 3.40. The van der Waals surface area contributed by atoms with Crippen molar-refractivity contribution in [2.24, 2.45) is 0 Å². The van der Waals surface area contributed by atoms with Crippen LogP contribution in [-0.2, 0) is 0 Å². The molecule has 2 N–H and O–H groups in total. The van der Waals surface area contributed by atoms with E-state index in [2.05, 4.69) is 0 Å². The maximum absolute atomic E-state index is 11.2. The van der Waals surface area contributed by atoms with Crippen LogP contribution in [0.15, 0.2) is 46.2 Å². The molecule has 0 radical (unpaired) electrons. The first kappa shape index (κ1) is 31.8. The molecule has 0 aliphatic carbocycles. The molecule has 0 saturated carbocycles. The molecule has 0 saturated heterocycles. The van der Waals surface area contributed by atoms with Crippen molar-refractivity contribution >= 4 is 66.5 Å². The Morgan fingerprint density at radius 2 is 0.974 bits per heavy atom. The molecule has 0 aliphatic rings. The summed E-state index contributed by atoms with van der Waals surface area (Å²) < 4.78 is 0. The first-order valence-electron chi connectivity index (χ1n) is 11.8. The van der Waals surface area contributed by atoms with Crippen molar-refractivity contribution in [3.05, 3.63) is 67.8 Å². The maximum Gasteiger partial charge on any atom is 0.342 e. The van der Waals surface area contributed by atoms with Gasteiger partial charge in [-0.1, -0.05) is 81.7 Å². The monoisotopic (exact) mass is 600 g/mol. The van der Waals surface area contributed by atoms with Gasteiger partial charge in [-0.05, 0) is 37.1 Å². The van der Waals surface area contributed by atoms with Gasteiger partial charge in [-0.25, -0.2) is 9.59 Å². The minimum absolute atomic E-state index is 0.295. The van der Waals surface area contributed by atoms with Gasteiger partial charge in [0.15, 0.2) is 0 Å². The van der Waals surface area contributed by atoms with Gasteiger partial charge in [0, 0.05) is 33.4 Å². The molecular formula is C24H28N2O8S4. The van der Waals surface area contributed by atoms with Crippen LogP contribution in [0.5, 0.6) is 0 Å². The molecule has 0 heterocycles. The van der Waals surface area contributed by atoms with Crippen molar-refractivity contribution in [2.75, 3.05) is 11.5 Å². The number of hydrogen-bond acceptors (Lipinski definition) is 10. The van der Waals surface area contributed by atoms with Crippen LogP contribution in [0.4, 0.5) is 11.4 Å². The number of hydrogen-bond donors (Lipinski definition) is 2. The summed E-state index contributed by atoms with van der Waals surface area (Å²) >= 11 is 0. The zero-order valence-electron chi connectivity index (χ0n) is 20.4. The van der Waals surface area contributed by atoms with Crippen molar-refractivity contribution < 1.29 is 29.6 Å². The van der Waals surface area contributed by atoms with Crippen molar-refractivity contribution in [1.29, 1.82) is 0 Å². The number of unbranched alkanes of at least 4 members (excludes halogenated alkanes) is 7. The zero-order valence-corrected chi connectivity index (χ0v) is 23.7. The highest BCUT2D eigenvalue weighted by Crippen LogP contribution is 2.35. The van der Waals surface area contributed by atoms with Crippen molar-refractivity contribution in [2.45, 2.75) is 61.2 Å². The van der Waals surface area contributed by atoms with Crippen LogP contribution in [0.25, 0.3) is 0 Å². The third kappa shape index (κ3) is 11.1. The average molecular weight is 601 g/mol. The quantitative estimate of drug-likeness (QED) is 0.0689. The maximum atomic E-state index is 11.2. The highest BCUT2D eigenvalue weighted by molar-refractivity contribution is 8.77. The van der Waals surface area contributed by atoms with Gasteiger partial charge in [-0.2, -0.15) is 0 Å². The topological polar surface area (TPSA) is 161 Å². The highest BCUT2D eigenvalue weighted by atomic mass is 33.1. The molecule has 0 fully saturated rings. The van der Waals surface area contributed by atoms with Gasteiger partial charge in [0.05, 0.1) is 9.85 Å². The van der Waals surface area contributed by atoms with Crippen LogP contribution in [0.3, 0.4) is 0 Å². The number of rotatable bonds is 19. The zero-order chi connectivity index (χ0) is 27.9. The molecule has 0 unspecified atom stereocenters. The largest absolute Gasteiger partial charge is 0.477 e. The Morgan fingerprint density at radius 3 is 1.29 bits per heavy atom. The van der Waals surface area contributed by atoms with E-state index in [-0.39, 0.29) is 11.1 Å². The standard InChI is InChI=1S/C24H28N2O8S4/c27-23(28)19-15-17(9-11-21(19)25(31)32)37-35-13-7-5-3-1-2-4-6-8-14-36-38-18-10-12-22(26(33)34)20(16-18)24(29)30/h9-12,15-16H,1-8,13-14H2,(H,27,28)(H,29,30). The number of carbonyl (C=O) groups is 2. The van der Waals surface area contributed by atoms with E-state index in [1.807, 2.05) is 0 Å². The summed E-state index contributed by atoms with van der Waals surface area (Å²) in [5.74, 6) is -0.774. The molecule has 38 heavy (non-hydrogen) atoms. The van der Waals surface area contributed by atoms with Crippen LogP contribution in [-0.4, -0.2) is 43.5 Å². The summed E-state index contributed by atoms with van der Waals surface area (Å²) in [5.41, 5.74) is -1.39. The Bertz CT molecular complexity index is 1050. The molecule has 0 aromatic heterocycles. The fraction of sp³-hybridized carbons (Fsp3) is 0.417. The molecule has 10 nitrogen and oxygen atoms in total. The van der Waals surface area contributed by atoms with Crippen LogP contribution >= 0.6 is 43.2 Å². The Labute approximate surface area is 235 Å². The number of nitro groups is 2. The normalized spacial score (nSPS) is 10.8. The number of aromatic carboxylic acids is 2. The molecule has 0 atom stereocenters. The van der Waals surface area contributed by atoms with Crippen LogP contribution in [0.2, 0.25) is 0 Å². The third-order valence-electron chi connectivity index (χ3n) is 5.31. The predicted octanol–water partition coefficient (Wildman–Crippen LogP) is 8.20. The lowest BCUT2D eigenvalue weighted by molar-refractivity contribution is -0.385. The molecule has 0 spiro atoms. The summed E-state index contributed by atoms with van der Waals surface area (Å²) in [4.78, 5) is 44.3. The van der Waals surface area contributed by atoms with Gasteiger partial charge in [-0.15, -0.1) is 0 Å². The van der Waals surface area contributed by atoms with E-state index < -0.39 is 33.2 Å². The summed E-state index contributed by atoms with van der Waals surface area (Å²) in [6.07, 6.45) is 9.00. The van der Waals surface area contributed by atoms with Gasteiger partial charge in [0.25, 0.3) is 11.4 Å². The Morgan fingerprint density at radius 1 is 0.632 bits per heavy atom. The average Bonchev–Trinajstić information content (AvgIpc) is 2.88. The lowest BCUT2D eigenvalue weighted by atomic mass is 10.1. The van der Waals surface area contributed by atoms with Gasteiger partial charge in [0.1, 0.15) is 11.1 Å². The summed E-state index contributed by atoms with van der Waals surface area (Å²) in [5, 5.41) is 40.2.